The van der Waals surface area contributed by atoms with Crippen LogP contribution in [0.25, 0.3) is 0 Å². The van der Waals surface area contributed by atoms with Crippen LogP contribution in [0.4, 0.5) is 26.3 Å². The third-order valence-corrected chi connectivity index (χ3v) is 2.61. The standard InChI is InChI=1S/C11H12F6O2/c1-2-7-19-9(11(15,16)17)5-3-8(18,4-6-9)10(12,13)14/h3-6,18H,2,7H2,1H3. The molecule has 0 atom stereocenters. The average Bonchev–Trinajstić information content (AvgIpc) is 2.25. The molecule has 0 saturated carbocycles. The van der Waals surface area contributed by atoms with Gasteiger partial charge in [0.15, 0.2) is 11.2 Å². The van der Waals surface area contributed by atoms with Crippen LogP contribution >= 0.6 is 0 Å². The zero-order valence-corrected chi connectivity index (χ0v) is 9.85. The minimum absolute atomic E-state index is 0.0517. The quantitative estimate of drug-likeness (QED) is 0.639. The Bertz CT molecular complexity index is 366. The van der Waals surface area contributed by atoms with Crippen molar-refractivity contribution in [2.75, 3.05) is 6.61 Å². The van der Waals surface area contributed by atoms with Crippen molar-refractivity contribution in [2.45, 2.75) is 36.9 Å². The highest BCUT2D eigenvalue weighted by Crippen LogP contribution is 2.43. The molecule has 19 heavy (non-hydrogen) atoms. The molecule has 0 aromatic rings. The predicted octanol–water partition coefficient (Wildman–Crippen LogP) is 3.13. The van der Waals surface area contributed by atoms with Crippen LogP contribution in [0, 0.1) is 0 Å². The van der Waals surface area contributed by atoms with Crippen molar-refractivity contribution >= 4 is 0 Å². The van der Waals surface area contributed by atoms with E-state index in [-0.39, 0.29) is 37.3 Å². The molecule has 0 bridgehead atoms. The van der Waals surface area contributed by atoms with Gasteiger partial charge in [0.05, 0.1) is 0 Å². The Hall–Kier alpha value is -1.02. The van der Waals surface area contributed by atoms with E-state index >= 15 is 0 Å². The lowest BCUT2D eigenvalue weighted by atomic mass is 9.88. The lowest BCUT2D eigenvalue weighted by molar-refractivity contribution is -0.246. The Balaban J connectivity index is 3.10. The van der Waals surface area contributed by atoms with Gasteiger partial charge in [0.2, 0.25) is 0 Å². The molecule has 0 aliphatic heterocycles. The largest absolute Gasteiger partial charge is 0.424 e. The van der Waals surface area contributed by atoms with Gasteiger partial charge in [-0.05, 0) is 30.7 Å². The molecule has 110 valence electrons. The highest BCUT2D eigenvalue weighted by Gasteiger charge is 2.58. The lowest BCUT2D eigenvalue weighted by Crippen LogP contribution is -2.50. The van der Waals surface area contributed by atoms with Crippen molar-refractivity contribution in [3.05, 3.63) is 24.3 Å². The third kappa shape index (κ3) is 2.94. The Morgan fingerprint density at radius 1 is 0.947 bits per heavy atom. The zero-order chi connectivity index (χ0) is 14.9. The molecule has 0 saturated heterocycles. The summed E-state index contributed by atoms with van der Waals surface area (Å²) in [4.78, 5) is 0. The maximum Gasteiger partial charge on any atom is 0.424 e. The number of hydrogen-bond donors (Lipinski definition) is 1. The monoisotopic (exact) mass is 290 g/mol. The van der Waals surface area contributed by atoms with E-state index in [9.17, 15) is 31.4 Å². The summed E-state index contributed by atoms with van der Waals surface area (Å²) in [5, 5.41) is 9.21. The summed E-state index contributed by atoms with van der Waals surface area (Å²) < 4.78 is 80.6. The second-order valence-electron chi connectivity index (χ2n) is 4.13. The number of hydrogen-bond acceptors (Lipinski definition) is 2. The van der Waals surface area contributed by atoms with Crippen molar-refractivity contribution < 1.29 is 36.2 Å². The fraction of sp³-hybridized carbons (Fsp3) is 0.636. The molecule has 0 amide bonds. The van der Waals surface area contributed by atoms with Crippen molar-refractivity contribution in [2.24, 2.45) is 0 Å². The summed E-state index contributed by atoms with van der Waals surface area (Å²) in [7, 11) is 0. The van der Waals surface area contributed by atoms with Crippen LogP contribution in [0.1, 0.15) is 13.3 Å². The molecular formula is C11H12F6O2. The molecule has 0 unspecified atom stereocenters. The van der Waals surface area contributed by atoms with Crippen LogP contribution in [-0.4, -0.2) is 35.3 Å². The molecule has 0 spiro atoms. The molecule has 1 aliphatic carbocycles. The Morgan fingerprint density at radius 2 is 1.42 bits per heavy atom. The van der Waals surface area contributed by atoms with Crippen molar-refractivity contribution in [3.63, 3.8) is 0 Å². The van der Waals surface area contributed by atoms with Crippen molar-refractivity contribution in [3.8, 4) is 0 Å². The van der Waals surface area contributed by atoms with Crippen molar-refractivity contribution in [1.82, 2.24) is 0 Å². The smallest absolute Gasteiger partial charge is 0.373 e. The van der Waals surface area contributed by atoms with E-state index in [0.29, 0.717) is 0 Å². The SMILES string of the molecule is CCCOC1(C(F)(F)F)C=CC(O)(C(F)(F)F)C=C1. The Kier molecular flexibility index (Phi) is 4.07. The van der Waals surface area contributed by atoms with Gasteiger partial charge in [-0.15, -0.1) is 0 Å². The van der Waals surface area contributed by atoms with Gasteiger partial charge in [0.25, 0.3) is 0 Å². The van der Waals surface area contributed by atoms with Gasteiger partial charge < -0.3 is 9.84 Å². The zero-order valence-electron chi connectivity index (χ0n) is 9.85. The van der Waals surface area contributed by atoms with E-state index in [1.54, 1.807) is 6.92 Å². The second-order valence-corrected chi connectivity index (χ2v) is 4.13. The van der Waals surface area contributed by atoms with E-state index in [2.05, 4.69) is 4.74 Å². The molecule has 1 aliphatic rings. The number of aliphatic hydroxyl groups is 1. The summed E-state index contributed by atoms with van der Waals surface area (Å²) in [5.74, 6) is 0. The number of rotatable bonds is 3. The number of alkyl halides is 6. The minimum atomic E-state index is -5.09. The van der Waals surface area contributed by atoms with E-state index in [0.717, 1.165) is 0 Å². The van der Waals surface area contributed by atoms with E-state index in [4.69, 9.17) is 0 Å². The molecule has 2 nitrogen and oxygen atoms in total. The second kappa shape index (κ2) is 4.82. The molecule has 0 radical (unpaired) electrons. The highest BCUT2D eigenvalue weighted by atomic mass is 19.4. The molecule has 0 aromatic carbocycles. The Morgan fingerprint density at radius 3 is 1.74 bits per heavy atom. The molecule has 0 aromatic heterocycles. The summed E-state index contributed by atoms with van der Waals surface area (Å²) in [6, 6.07) is 0. The fourth-order valence-corrected chi connectivity index (χ4v) is 1.44. The van der Waals surface area contributed by atoms with E-state index in [1.165, 1.54) is 0 Å². The van der Waals surface area contributed by atoms with E-state index in [1.807, 2.05) is 0 Å². The highest BCUT2D eigenvalue weighted by molar-refractivity contribution is 5.33. The molecule has 0 heterocycles. The first-order chi connectivity index (χ1) is 8.47. The van der Waals surface area contributed by atoms with Crippen LogP contribution < -0.4 is 0 Å². The summed E-state index contributed by atoms with van der Waals surface area (Å²) in [6.45, 7) is 1.28. The van der Waals surface area contributed by atoms with Gasteiger partial charge in [-0.25, -0.2) is 0 Å². The molecule has 1 rings (SSSR count). The van der Waals surface area contributed by atoms with Gasteiger partial charge in [-0.3, -0.25) is 0 Å². The first-order valence-corrected chi connectivity index (χ1v) is 5.38. The van der Waals surface area contributed by atoms with Crippen LogP contribution in [0.3, 0.4) is 0 Å². The van der Waals surface area contributed by atoms with Crippen LogP contribution in [0.2, 0.25) is 0 Å². The van der Waals surface area contributed by atoms with Crippen LogP contribution in [0.5, 0.6) is 0 Å². The molecular weight excluding hydrogens is 278 g/mol. The number of ether oxygens (including phenoxy) is 1. The summed E-state index contributed by atoms with van der Waals surface area (Å²) in [5.41, 5.74) is -6.34. The molecule has 8 heteroatoms. The van der Waals surface area contributed by atoms with Crippen LogP contribution in [0.15, 0.2) is 24.3 Å². The third-order valence-electron chi connectivity index (χ3n) is 2.61. The number of halogens is 6. The van der Waals surface area contributed by atoms with Crippen LogP contribution in [-0.2, 0) is 4.74 Å². The van der Waals surface area contributed by atoms with Gasteiger partial charge in [-0.1, -0.05) is 6.92 Å². The first-order valence-electron chi connectivity index (χ1n) is 5.38. The minimum Gasteiger partial charge on any atom is -0.373 e. The topological polar surface area (TPSA) is 29.5 Å². The van der Waals surface area contributed by atoms with Gasteiger partial charge in [-0.2, -0.15) is 26.3 Å². The summed E-state index contributed by atoms with van der Waals surface area (Å²) in [6.07, 6.45) is -9.26. The fourth-order valence-electron chi connectivity index (χ4n) is 1.44. The summed E-state index contributed by atoms with van der Waals surface area (Å²) >= 11 is 0. The Labute approximate surface area is 105 Å². The predicted molar refractivity (Wildman–Crippen MR) is 54.3 cm³/mol. The van der Waals surface area contributed by atoms with Gasteiger partial charge in [0.1, 0.15) is 0 Å². The van der Waals surface area contributed by atoms with Crippen molar-refractivity contribution in [1.29, 1.82) is 0 Å². The lowest BCUT2D eigenvalue weighted by Gasteiger charge is -2.36. The van der Waals surface area contributed by atoms with Gasteiger partial charge in [0, 0.05) is 6.61 Å². The molecule has 1 N–H and O–H groups in total. The normalized spacial score (nSPS) is 31.8. The molecule has 0 fully saturated rings. The maximum absolute atomic E-state index is 12.9. The maximum atomic E-state index is 12.9. The average molecular weight is 290 g/mol. The van der Waals surface area contributed by atoms with E-state index < -0.39 is 23.6 Å². The van der Waals surface area contributed by atoms with Gasteiger partial charge >= 0.3 is 12.4 Å². The first kappa shape index (κ1) is 16.0.